The number of hydrogen-bond acceptors (Lipinski definition) is 3. The summed E-state index contributed by atoms with van der Waals surface area (Å²) in [7, 11) is -3.30. The Hall–Kier alpha value is -0.330. The van der Waals surface area contributed by atoms with E-state index in [1.54, 1.807) is 18.2 Å². The van der Waals surface area contributed by atoms with Crippen LogP contribution in [0.1, 0.15) is 12.5 Å². The van der Waals surface area contributed by atoms with Gasteiger partial charge < -0.3 is 4.74 Å². The third-order valence-corrected chi connectivity index (χ3v) is 5.64. The van der Waals surface area contributed by atoms with E-state index in [0.29, 0.717) is 16.7 Å². The molecule has 0 bridgehead atoms. The minimum Gasteiger partial charge on any atom is -0.379 e. The van der Waals surface area contributed by atoms with Crippen molar-refractivity contribution in [2.45, 2.75) is 19.5 Å². The van der Waals surface area contributed by atoms with Crippen LogP contribution in [0.5, 0.6) is 0 Å². The molecule has 1 saturated heterocycles. The van der Waals surface area contributed by atoms with Crippen molar-refractivity contribution >= 4 is 33.2 Å². The van der Waals surface area contributed by atoms with E-state index in [4.69, 9.17) is 27.9 Å². The van der Waals surface area contributed by atoms with Crippen LogP contribution < -0.4 is 0 Å². The molecule has 106 valence electrons. The molecule has 1 atom stereocenters. The normalized spacial score (nSPS) is 24.1. The van der Waals surface area contributed by atoms with E-state index in [2.05, 4.69) is 0 Å². The monoisotopic (exact) mass is 323 g/mol. The topological polar surface area (TPSA) is 46.6 Å². The van der Waals surface area contributed by atoms with Gasteiger partial charge >= 0.3 is 0 Å². The van der Waals surface area contributed by atoms with Crippen LogP contribution in [0.3, 0.4) is 0 Å². The molecular weight excluding hydrogens is 309 g/mol. The first kappa shape index (κ1) is 15.1. The quantitative estimate of drug-likeness (QED) is 0.840. The van der Waals surface area contributed by atoms with Gasteiger partial charge in [0, 0.05) is 12.6 Å². The van der Waals surface area contributed by atoms with Gasteiger partial charge in [-0.05, 0) is 24.6 Å². The van der Waals surface area contributed by atoms with Crippen molar-refractivity contribution in [3.05, 3.63) is 33.8 Å². The molecule has 0 unspecified atom stereocenters. The number of rotatable bonds is 2. The average molecular weight is 324 g/mol. The van der Waals surface area contributed by atoms with Gasteiger partial charge in [-0.2, -0.15) is 4.31 Å². The Kier molecular flexibility index (Phi) is 4.74. The number of hydrogen-bond donors (Lipinski definition) is 0. The van der Waals surface area contributed by atoms with Crippen LogP contribution in [0.15, 0.2) is 18.2 Å². The van der Waals surface area contributed by atoms with E-state index < -0.39 is 10.0 Å². The lowest BCUT2D eigenvalue weighted by atomic mass is 10.2. The van der Waals surface area contributed by atoms with Crippen molar-refractivity contribution in [1.82, 2.24) is 4.31 Å². The number of benzene rings is 1. The zero-order chi connectivity index (χ0) is 14.0. The Labute approximate surface area is 123 Å². The second kappa shape index (κ2) is 5.97. The molecule has 0 aromatic heterocycles. The van der Waals surface area contributed by atoms with Crippen molar-refractivity contribution in [3.8, 4) is 0 Å². The van der Waals surface area contributed by atoms with Crippen LogP contribution >= 0.6 is 23.2 Å². The minimum absolute atomic E-state index is 0.0126. The number of ether oxygens (including phenoxy) is 1. The molecule has 4 nitrogen and oxygen atoms in total. The Bertz CT molecular complexity index is 562. The fraction of sp³-hybridized carbons (Fsp3) is 0.500. The molecule has 0 radical (unpaired) electrons. The SMILES string of the molecule is C[C@H]1COCCS(=O)(=O)N1Cc1ccc(Cl)c(Cl)c1. The predicted octanol–water partition coefficient (Wildman–Crippen LogP) is 2.54. The molecule has 2 rings (SSSR count). The average Bonchev–Trinajstić information content (AvgIpc) is 2.46. The van der Waals surface area contributed by atoms with E-state index in [0.717, 1.165) is 5.56 Å². The molecule has 0 spiro atoms. The molecule has 0 saturated carbocycles. The summed E-state index contributed by atoms with van der Waals surface area (Å²) in [6, 6.07) is 4.95. The maximum absolute atomic E-state index is 12.2. The fourth-order valence-electron chi connectivity index (χ4n) is 1.96. The van der Waals surface area contributed by atoms with Gasteiger partial charge in [0.25, 0.3) is 0 Å². The first-order chi connectivity index (χ1) is 8.90. The van der Waals surface area contributed by atoms with Gasteiger partial charge in [0.15, 0.2) is 0 Å². The molecule has 7 heteroatoms. The summed E-state index contributed by atoms with van der Waals surface area (Å²) in [5.74, 6) is 0.0126. The van der Waals surface area contributed by atoms with Gasteiger partial charge in [-0.1, -0.05) is 29.3 Å². The van der Waals surface area contributed by atoms with Gasteiger partial charge in [0.2, 0.25) is 10.0 Å². The minimum atomic E-state index is -3.30. The highest BCUT2D eigenvalue weighted by Gasteiger charge is 2.30. The molecule has 1 heterocycles. The lowest BCUT2D eigenvalue weighted by Crippen LogP contribution is -2.39. The Morgan fingerprint density at radius 3 is 2.79 bits per heavy atom. The van der Waals surface area contributed by atoms with Gasteiger partial charge in [-0.25, -0.2) is 8.42 Å². The molecule has 0 N–H and O–H groups in total. The summed E-state index contributed by atoms with van der Waals surface area (Å²) >= 11 is 11.8. The van der Waals surface area contributed by atoms with Crippen molar-refractivity contribution in [3.63, 3.8) is 0 Å². The molecular formula is C12H15Cl2NO3S. The van der Waals surface area contributed by atoms with Crippen LogP contribution in [-0.4, -0.2) is 37.7 Å². The number of halogens is 2. The molecule has 1 aliphatic rings. The zero-order valence-electron chi connectivity index (χ0n) is 10.5. The van der Waals surface area contributed by atoms with Gasteiger partial charge in [0.1, 0.15) is 0 Å². The van der Waals surface area contributed by atoms with Crippen LogP contribution in [0.25, 0.3) is 0 Å². The fourth-order valence-corrected chi connectivity index (χ4v) is 3.80. The van der Waals surface area contributed by atoms with E-state index in [1.807, 2.05) is 6.92 Å². The van der Waals surface area contributed by atoms with E-state index >= 15 is 0 Å². The first-order valence-electron chi connectivity index (χ1n) is 5.91. The Morgan fingerprint density at radius 2 is 2.11 bits per heavy atom. The second-order valence-electron chi connectivity index (χ2n) is 4.53. The predicted molar refractivity (Wildman–Crippen MR) is 76.1 cm³/mol. The van der Waals surface area contributed by atoms with Crippen molar-refractivity contribution in [2.75, 3.05) is 19.0 Å². The Morgan fingerprint density at radius 1 is 1.37 bits per heavy atom. The Balaban J connectivity index is 2.25. The summed E-state index contributed by atoms with van der Waals surface area (Å²) < 4.78 is 31.1. The van der Waals surface area contributed by atoms with Gasteiger partial charge in [0.05, 0.1) is 29.0 Å². The smallest absolute Gasteiger partial charge is 0.217 e. The van der Waals surface area contributed by atoms with Crippen LogP contribution in [0.4, 0.5) is 0 Å². The highest BCUT2D eigenvalue weighted by atomic mass is 35.5. The lowest BCUT2D eigenvalue weighted by molar-refractivity contribution is 0.116. The summed E-state index contributed by atoms with van der Waals surface area (Å²) in [6.07, 6.45) is 0. The van der Waals surface area contributed by atoms with E-state index in [1.165, 1.54) is 4.31 Å². The summed E-state index contributed by atoms with van der Waals surface area (Å²) in [5.41, 5.74) is 0.812. The van der Waals surface area contributed by atoms with Crippen molar-refractivity contribution < 1.29 is 13.2 Å². The van der Waals surface area contributed by atoms with Crippen molar-refractivity contribution in [1.29, 1.82) is 0 Å². The number of nitrogens with zero attached hydrogens (tertiary/aromatic N) is 1. The standard InChI is InChI=1S/C12H15Cl2NO3S/c1-9-8-18-4-5-19(16,17)15(9)7-10-2-3-11(13)12(14)6-10/h2-3,6,9H,4-5,7-8H2,1H3/t9-/m0/s1. The third-order valence-electron chi connectivity index (χ3n) is 3.02. The third kappa shape index (κ3) is 3.61. The first-order valence-corrected chi connectivity index (χ1v) is 8.28. The molecule has 1 aromatic carbocycles. The molecule has 1 aliphatic heterocycles. The lowest BCUT2D eigenvalue weighted by Gasteiger charge is -2.25. The largest absolute Gasteiger partial charge is 0.379 e. The van der Waals surface area contributed by atoms with E-state index in [9.17, 15) is 8.42 Å². The highest BCUT2D eigenvalue weighted by molar-refractivity contribution is 7.89. The highest BCUT2D eigenvalue weighted by Crippen LogP contribution is 2.25. The zero-order valence-corrected chi connectivity index (χ0v) is 12.8. The van der Waals surface area contributed by atoms with E-state index in [-0.39, 0.29) is 24.9 Å². The molecule has 0 amide bonds. The molecule has 1 aromatic rings. The molecule has 19 heavy (non-hydrogen) atoms. The van der Waals surface area contributed by atoms with Gasteiger partial charge in [-0.3, -0.25) is 0 Å². The maximum atomic E-state index is 12.2. The summed E-state index contributed by atoms with van der Waals surface area (Å²) in [5, 5.41) is 0.885. The van der Waals surface area contributed by atoms with Crippen LogP contribution in [0, 0.1) is 0 Å². The summed E-state index contributed by atoms with van der Waals surface area (Å²) in [4.78, 5) is 0. The van der Waals surface area contributed by atoms with Crippen LogP contribution in [0.2, 0.25) is 10.0 Å². The maximum Gasteiger partial charge on any atom is 0.217 e. The van der Waals surface area contributed by atoms with Gasteiger partial charge in [-0.15, -0.1) is 0 Å². The van der Waals surface area contributed by atoms with Crippen LogP contribution in [-0.2, 0) is 21.3 Å². The van der Waals surface area contributed by atoms with Crippen molar-refractivity contribution in [2.24, 2.45) is 0 Å². The second-order valence-corrected chi connectivity index (χ2v) is 7.39. The number of sulfonamides is 1. The molecule has 0 aliphatic carbocycles. The molecule has 1 fully saturated rings. The summed E-state index contributed by atoms with van der Waals surface area (Å²) in [6.45, 7) is 2.76.